The van der Waals surface area contributed by atoms with E-state index in [1.807, 2.05) is 22.9 Å². The molecule has 0 spiro atoms. The van der Waals surface area contributed by atoms with Crippen molar-refractivity contribution in [2.75, 3.05) is 20.2 Å². The third-order valence-corrected chi connectivity index (χ3v) is 6.59. The van der Waals surface area contributed by atoms with Crippen molar-refractivity contribution in [1.29, 1.82) is 0 Å². The molecule has 2 aliphatic rings. The number of benzene rings is 2. The summed E-state index contributed by atoms with van der Waals surface area (Å²) < 4.78 is 7.42. The fraction of sp³-hybridized carbons (Fsp3) is 0.407. The van der Waals surface area contributed by atoms with Crippen molar-refractivity contribution in [3.8, 4) is 5.75 Å². The molecule has 0 unspecified atom stereocenters. The lowest BCUT2D eigenvalue weighted by Crippen LogP contribution is -2.34. The Kier molecular flexibility index (Phi) is 6.44. The third kappa shape index (κ3) is 5.28. The minimum atomic E-state index is -0.0238. The zero-order valence-electron chi connectivity index (χ0n) is 19.3. The Hall–Kier alpha value is -3.12. The molecule has 1 aromatic heterocycles. The normalized spacial score (nSPS) is 15.8. The van der Waals surface area contributed by atoms with Gasteiger partial charge < -0.3 is 10.1 Å². The molecule has 2 aromatic carbocycles. The molecule has 0 radical (unpaired) electrons. The van der Waals surface area contributed by atoms with Crippen LogP contribution in [-0.4, -0.2) is 46.8 Å². The number of fused-ring (bicyclic) bond motifs is 1. The Morgan fingerprint density at radius 3 is 2.73 bits per heavy atom. The number of amides is 1. The average molecular weight is 445 g/mol. The van der Waals surface area contributed by atoms with E-state index in [1.165, 1.54) is 11.3 Å². The first-order valence-electron chi connectivity index (χ1n) is 12.0. The van der Waals surface area contributed by atoms with Crippen LogP contribution in [0.4, 0.5) is 0 Å². The number of carbonyl (C=O) groups is 1. The van der Waals surface area contributed by atoms with Gasteiger partial charge in [0, 0.05) is 36.8 Å². The maximum atomic E-state index is 13.0. The van der Waals surface area contributed by atoms with Crippen LogP contribution in [0.15, 0.2) is 54.6 Å². The van der Waals surface area contributed by atoms with Gasteiger partial charge >= 0.3 is 0 Å². The van der Waals surface area contributed by atoms with Gasteiger partial charge in [0.15, 0.2) is 5.69 Å². The van der Waals surface area contributed by atoms with Crippen molar-refractivity contribution in [2.24, 2.45) is 0 Å². The number of hydrogen-bond donors (Lipinski definition) is 1. The molecule has 172 valence electrons. The van der Waals surface area contributed by atoms with Crippen molar-refractivity contribution in [1.82, 2.24) is 20.0 Å². The minimum absolute atomic E-state index is 0.0238. The molecule has 0 bridgehead atoms. The Morgan fingerprint density at radius 2 is 1.94 bits per heavy atom. The highest BCUT2D eigenvalue weighted by Crippen LogP contribution is 2.26. The van der Waals surface area contributed by atoms with Gasteiger partial charge in [-0.1, -0.05) is 42.5 Å². The SMILES string of the molecule is COc1cccc(Cn2nc(C(=O)NC3CC3)c3c2CCN(CCCc2ccccc2)C3)c1. The topological polar surface area (TPSA) is 59.4 Å². The average Bonchev–Trinajstić information content (AvgIpc) is 3.59. The third-order valence-electron chi connectivity index (χ3n) is 6.59. The molecule has 1 aliphatic heterocycles. The van der Waals surface area contributed by atoms with Crippen molar-refractivity contribution >= 4 is 5.91 Å². The molecule has 1 saturated carbocycles. The van der Waals surface area contributed by atoms with Crippen LogP contribution in [0.3, 0.4) is 0 Å². The standard InChI is InChI=1S/C27H32N4O2/c1-33-23-11-5-9-21(17-23)18-31-25-14-16-30(15-6-10-20-7-3-2-4-8-20)19-24(25)26(29-31)27(32)28-22-12-13-22/h2-5,7-9,11,17,22H,6,10,12-16,18-19H2,1H3,(H,28,32). The first-order valence-corrected chi connectivity index (χ1v) is 12.0. The molecule has 2 heterocycles. The fourth-order valence-corrected chi connectivity index (χ4v) is 4.63. The van der Waals surface area contributed by atoms with Gasteiger partial charge in [0.05, 0.1) is 13.7 Å². The summed E-state index contributed by atoms with van der Waals surface area (Å²) in [5, 5.41) is 7.96. The smallest absolute Gasteiger partial charge is 0.272 e. The fourth-order valence-electron chi connectivity index (χ4n) is 4.63. The van der Waals surface area contributed by atoms with Gasteiger partial charge in [0.2, 0.25) is 0 Å². The molecule has 5 rings (SSSR count). The summed E-state index contributed by atoms with van der Waals surface area (Å²) in [6.07, 6.45) is 5.25. The van der Waals surface area contributed by atoms with E-state index in [0.717, 1.165) is 68.6 Å². The van der Waals surface area contributed by atoms with Crippen LogP contribution in [0.2, 0.25) is 0 Å². The predicted molar refractivity (Wildman–Crippen MR) is 129 cm³/mol. The highest BCUT2D eigenvalue weighted by molar-refractivity contribution is 5.94. The number of hydrogen-bond acceptors (Lipinski definition) is 4. The van der Waals surface area contributed by atoms with E-state index in [0.29, 0.717) is 18.3 Å². The zero-order chi connectivity index (χ0) is 22.6. The molecule has 6 nitrogen and oxygen atoms in total. The van der Waals surface area contributed by atoms with Crippen molar-refractivity contribution in [3.05, 3.63) is 82.7 Å². The molecule has 3 aromatic rings. The maximum Gasteiger partial charge on any atom is 0.272 e. The van der Waals surface area contributed by atoms with E-state index in [2.05, 4.69) is 46.6 Å². The maximum absolute atomic E-state index is 13.0. The van der Waals surface area contributed by atoms with Crippen molar-refractivity contribution in [2.45, 2.75) is 51.2 Å². The van der Waals surface area contributed by atoms with E-state index in [4.69, 9.17) is 9.84 Å². The highest BCUT2D eigenvalue weighted by atomic mass is 16.5. The summed E-state index contributed by atoms with van der Waals surface area (Å²) in [5.74, 6) is 0.814. The lowest BCUT2D eigenvalue weighted by Gasteiger charge is -2.27. The van der Waals surface area contributed by atoms with Gasteiger partial charge in [-0.25, -0.2) is 0 Å². The van der Waals surface area contributed by atoms with Gasteiger partial charge in [0.25, 0.3) is 5.91 Å². The van der Waals surface area contributed by atoms with E-state index >= 15 is 0 Å². The number of ether oxygens (including phenoxy) is 1. The van der Waals surface area contributed by atoms with E-state index < -0.39 is 0 Å². The number of methoxy groups -OCH3 is 1. The van der Waals surface area contributed by atoms with Crippen LogP contribution in [-0.2, 0) is 25.9 Å². The summed E-state index contributed by atoms with van der Waals surface area (Å²) in [5.41, 5.74) is 5.40. The lowest BCUT2D eigenvalue weighted by atomic mass is 10.0. The Balaban J connectivity index is 1.32. The predicted octanol–water partition coefficient (Wildman–Crippen LogP) is 3.82. The number of aryl methyl sites for hydroxylation is 1. The minimum Gasteiger partial charge on any atom is -0.497 e. The van der Waals surface area contributed by atoms with Crippen LogP contribution in [0.5, 0.6) is 5.75 Å². The Morgan fingerprint density at radius 1 is 1.12 bits per heavy atom. The molecule has 0 saturated heterocycles. The van der Waals surface area contributed by atoms with Gasteiger partial charge in [0.1, 0.15) is 5.75 Å². The first kappa shape index (κ1) is 21.7. The molecule has 1 aliphatic carbocycles. The second kappa shape index (κ2) is 9.79. The largest absolute Gasteiger partial charge is 0.497 e. The van der Waals surface area contributed by atoms with Crippen LogP contribution in [0.1, 0.15) is 52.1 Å². The quantitative estimate of drug-likeness (QED) is 0.545. The number of nitrogens with zero attached hydrogens (tertiary/aromatic N) is 3. The summed E-state index contributed by atoms with van der Waals surface area (Å²) in [6.45, 7) is 3.45. The lowest BCUT2D eigenvalue weighted by molar-refractivity contribution is 0.0943. The molecule has 1 N–H and O–H groups in total. The summed E-state index contributed by atoms with van der Waals surface area (Å²) in [7, 11) is 1.68. The summed E-state index contributed by atoms with van der Waals surface area (Å²) in [4.78, 5) is 15.5. The van der Waals surface area contributed by atoms with Gasteiger partial charge in [-0.3, -0.25) is 14.4 Å². The van der Waals surface area contributed by atoms with Gasteiger partial charge in [-0.2, -0.15) is 5.10 Å². The van der Waals surface area contributed by atoms with E-state index in [9.17, 15) is 4.79 Å². The number of carbonyl (C=O) groups excluding carboxylic acids is 1. The second-order valence-corrected chi connectivity index (χ2v) is 9.15. The molecule has 0 atom stereocenters. The first-order chi connectivity index (χ1) is 16.2. The van der Waals surface area contributed by atoms with Crippen LogP contribution < -0.4 is 10.1 Å². The zero-order valence-corrected chi connectivity index (χ0v) is 19.3. The van der Waals surface area contributed by atoms with Crippen LogP contribution in [0, 0.1) is 0 Å². The molecular formula is C27H32N4O2. The second-order valence-electron chi connectivity index (χ2n) is 9.15. The molecule has 6 heteroatoms. The van der Waals surface area contributed by atoms with E-state index in [1.54, 1.807) is 7.11 Å². The van der Waals surface area contributed by atoms with Crippen molar-refractivity contribution in [3.63, 3.8) is 0 Å². The van der Waals surface area contributed by atoms with Crippen LogP contribution >= 0.6 is 0 Å². The Labute approximate surface area is 195 Å². The molecular weight excluding hydrogens is 412 g/mol. The van der Waals surface area contributed by atoms with E-state index in [-0.39, 0.29) is 5.91 Å². The molecule has 1 fully saturated rings. The monoisotopic (exact) mass is 444 g/mol. The number of aromatic nitrogens is 2. The van der Waals surface area contributed by atoms with Gasteiger partial charge in [-0.05, 0) is 55.5 Å². The summed E-state index contributed by atoms with van der Waals surface area (Å²) in [6, 6.07) is 19.0. The van der Waals surface area contributed by atoms with Crippen LogP contribution in [0.25, 0.3) is 0 Å². The van der Waals surface area contributed by atoms with Crippen molar-refractivity contribution < 1.29 is 9.53 Å². The Bertz CT molecular complexity index is 1100. The molecule has 33 heavy (non-hydrogen) atoms. The molecule has 1 amide bonds. The summed E-state index contributed by atoms with van der Waals surface area (Å²) >= 11 is 0. The number of rotatable bonds is 9. The number of nitrogens with one attached hydrogen (secondary N) is 1. The van der Waals surface area contributed by atoms with Gasteiger partial charge in [-0.15, -0.1) is 0 Å². The highest BCUT2D eigenvalue weighted by Gasteiger charge is 2.31.